The van der Waals surface area contributed by atoms with Crippen molar-refractivity contribution in [3.8, 4) is 5.75 Å². The first-order chi connectivity index (χ1) is 6.22. The molecular weight excluding hydrogens is 204 g/mol. The second kappa shape index (κ2) is 5.40. The van der Waals surface area contributed by atoms with Gasteiger partial charge >= 0.3 is 0 Å². The molecule has 0 aliphatic carbocycles. The summed E-state index contributed by atoms with van der Waals surface area (Å²) in [6.07, 6.45) is 0.228. The lowest BCUT2D eigenvalue weighted by Crippen LogP contribution is -2.04. The van der Waals surface area contributed by atoms with Gasteiger partial charge in [-0.2, -0.15) is 0 Å². The van der Waals surface area contributed by atoms with Gasteiger partial charge in [0.05, 0.1) is 11.3 Å². The predicted molar refractivity (Wildman–Crippen MR) is 58.8 cm³/mol. The molecule has 1 aromatic carbocycles. The van der Waals surface area contributed by atoms with Gasteiger partial charge in [0.2, 0.25) is 0 Å². The van der Waals surface area contributed by atoms with Gasteiger partial charge in [-0.15, -0.1) is 23.4 Å². The summed E-state index contributed by atoms with van der Waals surface area (Å²) in [4.78, 5) is 1.17. The van der Waals surface area contributed by atoms with Gasteiger partial charge in [0, 0.05) is 4.90 Å². The lowest BCUT2D eigenvalue weighted by atomic mass is 10.3. The number of thioether (sulfide) groups is 1. The molecule has 0 heterocycles. The molecule has 0 saturated heterocycles. The molecule has 1 aromatic rings. The van der Waals surface area contributed by atoms with Gasteiger partial charge in [-0.1, -0.05) is 0 Å². The van der Waals surface area contributed by atoms with Crippen LogP contribution in [0, 0.1) is 0 Å². The molecule has 0 unspecified atom stereocenters. The van der Waals surface area contributed by atoms with Crippen LogP contribution in [0.3, 0.4) is 0 Å². The predicted octanol–water partition coefficient (Wildman–Crippen LogP) is 3.76. The first-order valence-corrected chi connectivity index (χ1v) is 5.70. The Labute approximate surface area is 88.4 Å². The van der Waals surface area contributed by atoms with Crippen molar-refractivity contribution in [2.24, 2.45) is 0 Å². The second-order valence-electron chi connectivity index (χ2n) is 2.89. The molecule has 3 heteroatoms. The second-order valence-corrected chi connectivity index (χ2v) is 4.52. The third kappa shape index (κ3) is 3.92. The standard InChI is InChI=1S/C10H13ClOS/c1-8(2)12-9-3-5-10(6-4-9)13-7-11/h3-6,8H,7H2,1-2H3. The van der Waals surface area contributed by atoms with Gasteiger partial charge in [-0.05, 0) is 38.1 Å². The van der Waals surface area contributed by atoms with E-state index in [1.54, 1.807) is 11.8 Å². The minimum Gasteiger partial charge on any atom is -0.491 e. The Hall–Kier alpha value is -0.340. The number of rotatable bonds is 4. The maximum absolute atomic E-state index is 5.59. The number of hydrogen-bond donors (Lipinski definition) is 0. The molecule has 0 amide bonds. The smallest absolute Gasteiger partial charge is 0.119 e. The van der Waals surface area contributed by atoms with E-state index >= 15 is 0 Å². The monoisotopic (exact) mass is 216 g/mol. The van der Waals surface area contributed by atoms with E-state index in [-0.39, 0.29) is 6.10 Å². The molecular formula is C10H13ClOS. The van der Waals surface area contributed by atoms with Gasteiger partial charge in [-0.25, -0.2) is 0 Å². The zero-order chi connectivity index (χ0) is 9.68. The van der Waals surface area contributed by atoms with Crippen LogP contribution in [0.5, 0.6) is 5.75 Å². The lowest BCUT2D eigenvalue weighted by Gasteiger charge is -2.09. The molecule has 0 N–H and O–H groups in total. The van der Waals surface area contributed by atoms with Crippen LogP contribution >= 0.6 is 23.4 Å². The maximum atomic E-state index is 5.59. The zero-order valence-corrected chi connectivity index (χ0v) is 9.36. The number of alkyl halides is 1. The van der Waals surface area contributed by atoms with E-state index in [0.717, 1.165) is 5.75 Å². The third-order valence-electron chi connectivity index (χ3n) is 1.42. The van der Waals surface area contributed by atoms with Crippen molar-refractivity contribution in [2.75, 3.05) is 5.21 Å². The summed E-state index contributed by atoms with van der Waals surface area (Å²) in [6.45, 7) is 4.03. The summed E-state index contributed by atoms with van der Waals surface area (Å²) in [5.74, 6) is 0.911. The van der Waals surface area contributed by atoms with Gasteiger partial charge in [0.25, 0.3) is 0 Å². The summed E-state index contributed by atoms with van der Waals surface area (Å²) < 4.78 is 5.51. The van der Waals surface area contributed by atoms with Crippen LogP contribution in [0.4, 0.5) is 0 Å². The van der Waals surface area contributed by atoms with Gasteiger partial charge in [0.15, 0.2) is 0 Å². The minimum atomic E-state index is 0.228. The summed E-state index contributed by atoms with van der Waals surface area (Å²) in [5, 5.41) is 0.588. The highest BCUT2D eigenvalue weighted by molar-refractivity contribution is 8.00. The minimum absolute atomic E-state index is 0.228. The Balaban J connectivity index is 2.59. The Morgan fingerprint density at radius 1 is 1.31 bits per heavy atom. The summed E-state index contributed by atoms with van der Waals surface area (Å²) >= 11 is 7.20. The van der Waals surface area contributed by atoms with Crippen LogP contribution < -0.4 is 4.74 Å². The molecule has 13 heavy (non-hydrogen) atoms. The fourth-order valence-corrected chi connectivity index (χ4v) is 1.78. The van der Waals surface area contributed by atoms with Crippen LogP contribution in [-0.2, 0) is 0 Å². The van der Waals surface area contributed by atoms with Crippen LogP contribution in [0.15, 0.2) is 29.2 Å². The summed E-state index contributed by atoms with van der Waals surface area (Å²) in [7, 11) is 0. The van der Waals surface area contributed by atoms with Crippen molar-refractivity contribution < 1.29 is 4.74 Å². The van der Waals surface area contributed by atoms with Crippen molar-refractivity contribution in [1.82, 2.24) is 0 Å². The van der Waals surface area contributed by atoms with E-state index < -0.39 is 0 Å². The quantitative estimate of drug-likeness (QED) is 0.560. The molecule has 0 aliphatic rings. The van der Waals surface area contributed by atoms with E-state index in [1.807, 2.05) is 38.1 Å². The number of halogens is 1. The zero-order valence-electron chi connectivity index (χ0n) is 7.79. The molecule has 72 valence electrons. The van der Waals surface area contributed by atoms with Gasteiger partial charge < -0.3 is 4.74 Å². The molecule has 0 spiro atoms. The number of hydrogen-bond acceptors (Lipinski definition) is 2. The largest absolute Gasteiger partial charge is 0.491 e. The molecule has 0 saturated carbocycles. The Bertz CT molecular complexity index is 246. The summed E-state index contributed by atoms with van der Waals surface area (Å²) in [5.41, 5.74) is 0. The van der Waals surface area contributed by atoms with Crippen molar-refractivity contribution in [1.29, 1.82) is 0 Å². The first kappa shape index (κ1) is 10.7. The Morgan fingerprint density at radius 2 is 1.92 bits per heavy atom. The molecule has 1 rings (SSSR count). The van der Waals surface area contributed by atoms with Crippen LogP contribution in [0.25, 0.3) is 0 Å². The molecule has 0 radical (unpaired) electrons. The normalized spacial score (nSPS) is 10.5. The van der Waals surface area contributed by atoms with E-state index in [0.29, 0.717) is 5.21 Å². The van der Waals surface area contributed by atoms with Crippen LogP contribution in [0.2, 0.25) is 0 Å². The average Bonchev–Trinajstić information content (AvgIpc) is 2.08. The third-order valence-corrected chi connectivity index (χ3v) is 2.46. The Kier molecular flexibility index (Phi) is 4.46. The number of ether oxygens (including phenoxy) is 1. The highest BCUT2D eigenvalue weighted by atomic mass is 35.5. The fourth-order valence-electron chi connectivity index (χ4n) is 0.950. The van der Waals surface area contributed by atoms with E-state index in [9.17, 15) is 0 Å². The van der Waals surface area contributed by atoms with E-state index in [2.05, 4.69) is 0 Å². The van der Waals surface area contributed by atoms with Crippen LogP contribution in [-0.4, -0.2) is 11.3 Å². The maximum Gasteiger partial charge on any atom is 0.119 e. The van der Waals surface area contributed by atoms with Crippen molar-refractivity contribution in [2.45, 2.75) is 24.8 Å². The molecule has 0 aliphatic heterocycles. The number of benzene rings is 1. The molecule has 0 bridgehead atoms. The van der Waals surface area contributed by atoms with Crippen molar-refractivity contribution in [3.05, 3.63) is 24.3 Å². The van der Waals surface area contributed by atoms with Gasteiger partial charge in [-0.3, -0.25) is 0 Å². The fraction of sp³-hybridized carbons (Fsp3) is 0.400. The van der Waals surface area contributed by atoms with E-state index in [1.165, 1.54) is 4.90 Å². The highest BCUT2D eigenvalue weighted by Gasteiger charge is 1.97. The molecule has 1 nitrogen and oxygen atoms in total. The Morgan fingerprint density at radius 3 is 2.38 bits per heavy atom. The average molecular weight is 217 g/mol. The first-order valence-electron chi connectivity index (χ1n) is 4.18. The lowest BCUT2D eigenvalue weighted by molar-refractivity contribution is 0.242. The highest BCUT2D eigenvalue weighted by Crippen LogP contribution is 2.22. The van der Waals surface area contributed by atoms with Crippen LogP contribution in [0.1, 0.15) is 13.8 Å². The topological polar surface area (TPSA) is 9.23 Å². The molecule has 0 atom stereocenters. The molecule has 0 fully saturated rings. The SMILES string of the molecule is CC(C)Oc1ccc(SCCl)cc1. The van der Waals surface area contributed by atoms with E-state index in [4.69, 9.17) is 16.3 Å². The van der Waals surface area contributed by atoms with Crippen molar-refractivity contribution >= 4 is 23.4 Å². The van der Waals surface area contributed by atoms with Gasteiger partial charge in [0.1, 0.15) is 5.75 Å². The molecule has 0 aromatic heterocycles. The summed E-state index contributed by atoms with van der Waals surface area (Å²) in [6, 6.07) is 7.97. The van der Waals surface area contributed by atoms with Crippen molar-refractivity contribution in [3.63, 3.8) is 0 Å².